The van der Waals surface area contributed by atoms with E-state index in [1.807, 2.05) is 18.2 Å². The second kappa shape index (κ2) is 6.24. The number of rotatable bonds is 4. The lowest BCUT2D eigenvalue weighted by Gasteiger charge is -2.15. The minimum absolute atomic E-state index is 0.301. The summed E-state index contributed by atoms with van der Waals surface area (Å²) in [7, 11) is 0. The molecule has 3 heteroatoms. The molecule has 0 bridgehead atoms. The van der Waals surface area contributed by atoms with E-state index in [4.69, 9.17) is 5.73 Å². The summed E-state index contributed by atoms with van der Waals surface area (Å²) in [6.07, 6.45) is 0. The molecule has 0 aliphatic rings. The molecule has 0 heterocycles. The van der Waals surface area contributed by atoms with Gasteiger partial charge in [-0.1, -0.05) is 42.5 Å². The van der Waals surface area contributed by atoms with Crippen LogP contribution in [0.25, 0.3) is 0 Å². The van der Waals surface area contributed by atoms with Crippen LogP contribution in [0.15, 0.2) is 64.0 Å². The average Bonchev–Trinajstić information content (AvgIpc) is 2.39. The van der Waals surface area contributed by atoms with Crippen LogP contribution in [-0.4, -0.2) is 6.54 Å². The molecule has 2 aromatic carbocycles. The number of thioether (sulfide) groups is 1. The van der Waals surface area contributed by atoms with Gasteiger partial charge in [-0.05, 0) is 33.6 Å². The topological polar surface area (TPSA) is 26.0 Å². The fourth-order valence-corrected chi connectivity index (χ4v) is 3.21. The minimum Gasteiger partial charge on any atom is -0.329 e. The van der Waals surface area contributed by atoms with Gasteiger partial charge in [0.05, 0.1) is 0 Å². The summed E-state index contributed by atoms with van der Waals surface area (Å²) in [5.41, 5.74) is 7.14. The maximum absolute atomic E-state index is 5.87. The molecule has 2 aromatic rings. The minimum atomic E-state index is 0.301. The second-order valence-corrected chi connectivity index (χ2v) is 5.78. The van der Waals surface area contributed by atoms with Crippen molar-refractivity contribution in [3.63, 3.8) is 0 Å². The van der Waals surface area contributed by atoms with Crippen molar-refractivity contribution in [2.24, 2.45) is 5.73 Å². The molecule has 0 spiro atoms. The molecule has 1 nitrogen and oxygen atoms in total. The third kappa shape index (κ3) is 3.35. The van der Waals surface area contributed by atoms with Crippen molar-refractivity contribution >= 4 is 27.7 Å². The third-order valence-electron chi connectivity index (χ3n) is 2.49. The first-order chi connectivity index (χ1) is 8.31. The quantitative estimate of drug-likeness (QED) is 0.855. The lowest BCUT2D eigenvalue weighted by atomic mass is 10.1. The fourth-order valence-electron chi connectivity index (χ4n) is 1.61. The third-order valence-corrected chi connectivity index (χ3v) is 4.80. The lowest BCUT2D eigenvalue weighted by molar-refractivity contribution is 0.940. The van der Waals surface area contributed by atoms with E-state index in [2.05, 4.69) is 52.3 Å². The first-order valence-electron chi connectivity index (χ1n) is 5.47. The van der Waals surface area contributed by atoms with Crippen LogP contribution in [0.3, 0.4) is 0 Å². The van der Waals surface area contributed by atoms with Crippen LogP contribution in [0.1, 0.15) is 10.8 Å². The molecule has 17 heavy (non-hydrogen) atoms. The Kier molecular flexibility index (Phi) is 4.66. The van der Waals surface area contributed by atoms with Gasteiger partial charge in [0.2, 0.25) is 0 Å². The van der Waals surface area contributed by atoms with Crippen molar-refractivity contribution in [1.82, 2.24) is 0 Å². The molecule has 2 N–H and O–H groups in total. The molecule has 1 unspecified atom stereocenters. The zero-order chi connectivity index (χ0) is 12.1. The highest BCUT2D eigenvalue weighted by atomic mass is 79.9. The summed E-state index contributed by atoms with van der Waals surface area (Å²) >= 11 is 5.36. The molecule has 0 aliphatic carbocycles. The number of nitrogens with two attached hydrogens (primary N) is 1. The number of halogens is 1. The van der Waals surface area contributed by atoms with Crippen molar-refractivity contribution in [3.05, 3.63) is 64.6 Å². The summed E-state index contributed by atoms with van der Waals surface area (Å²) in [6.45, 7) is 0.635. The van der Waals surface area contributed by atoms with Gasteiger partial charge < -0.3 is 5.73 Å². The highest BCUT2D eigenvalue weighted by Crippen LogP contribution is 2.37. The molecule has 0 amide bonds. The molecule has 2 rings (SSSR count). The predicted molar refractivity (Wildman–Crippen MR) is 78.2 cm³/mol. The van der Waals surface area contributed by atoms with Gasteiger partial charge in [-0.15, -0.1) is 11.8 Å². The smallest absolute Gasteiger partial charge is 0.0467 e. The highest BCUT2D eigenvalue weighted by molar-refractivity contribution is 9.10. The Hall–Kier alpha value is -0.770. The summed E-state index contributed by atoms with van der Waals surface area (Å²) < 4.78 is 1.12. The molecule has 88 valence electrons. The Labute approximate surface area is 115 Å². The van der Waals surface area contributed by atoms with Crippen molar-refractivity contribution in [2.45, 2.75) is 10.1 Å². The summed E-state index contributed by atoms with van der Waals surface area (Å²) in [4.78, 5) is 1.23. The normalized spacial score (nSPS) is 12.4. The van der Waals surface area contributed by atoms with E-state index in [-0.39, 0.29) is 0 Å². The zero-order valence-electron chi connectivity index (χ0n) is 9.34. The molecular weight excluding hydrogens is 294 g/mol. The van der Waals surface area contributed by atoms with Gasteiger partial charge in [-0.25, -0.2) is 0 Å². The maximum Gasteiger partial charge on any atom is 0.0467 e. The Balaban J connectivity index is 2.19. The van der Waals surface area contributed by atoms with Gasteiger partial charge in [0.25, 0.3) is 0 Å². The molecule has 0 fully saturated rings. The summed E-state index contributed by atoms with van der Waals surface area (Å²) in [6, 6.07) is 18.6. The van der Waals surface area contributed by atoms with Crippen LogP contribution >= 0.6 is 27.7 Å². The van der Waals surface area contributed by atoms with Crippen LogP contribution in [0, 0.1) is 0 Å². The van der Waals surface area contributed by atoms with Gasteiger partial charge >= 0.3 is 0 Å². The summed E-state index contributed by atoms with van der Waals surface area (Å²) in [5, 5.41) is 0.301. The van der Waals surface area contributed by atoms with E-state index in [1.54, 1.807) is 11.8 Å². The number of hydrogen-bond donors (Lipinski definition) is 1. The largest absolute Gasteiger partial charge is 0.329 e. The van der Waals surface area contributed by atoms with Crippen LogP contribution in [0.5, 0.6) is 0 Å². The van der Waals surface area contributed by atoms with E-state index < -0.39 is 0 Å². The van der Waals surface area contributed by atoms with Crippen LogP contribution in [0.2, 0.25) is 0 Å². The maximum atomic E-state index is 5.87. The average molecular weight is 308 g/mol. The lowest BCUT2D eigenvalue weighted by Crippen LogP contribution is -2.09. The first-order valence-corrected chi connectivity index (χ1v) is 7.14. The van der Waals surface area contributed by atoms with Crippen molar-refractivity contribution in [1.29, 1.82) is 0 Å². The van der Waals surface area contributed by atoms with Gasteiger partial charge in [0.1, 0.15) is 0 Å². The van der Waals surface area contributed by atoms with Crippen LogP contribution in [0.4, 0.5) is 0 Å². The Morgan fingerprint density at radius 1 is 1.00 bits per heavy atom. The molecule has 0 saturated carbocycles. The predicted octanol–water partition coefficient (Wildman–Crippen LogP) is 4.24. The molecular formula is C14H14BrNS. The number of benzene rings is 2. The van der Waals surface area contributed by atoms with Crippen molar-refractivity contribution in [2.75, 3.05) is 6.54 Å². The van der Waals surface area contributed by atoms with E-state index in [0.717, 1.165) is 4.47 Å². The van der Waals surface area contributed by atoms with Gasteiger partial charge in [-0.3, -0.25) is 0 Å². The standard InChI is InChI=1S/C14H14BrNS/c15-12-8-4-5-9-13(12)17-14(10-16)11-6-2-1-3-7-11/h1-9,14H,10,16H2. The zero-order valence-corrected chi connectivity index (χ0v) is 11.7. The first kappa shape index (κ1) is 12.7. The van der Waals surface area contributed by atoms with Gasteiger partial charge in [0.15, 0.2) is 0 Å². The molecule has 0 radical (unpaired) electrons. The monoisotopic (exact) mass is 307 g/mol. The Morgan fingerprint density at radius 3 is 2.29 bits per heavy atom. The molecule has 0 aromatic heterocycles. The van der Waals surface area contributed by atoms with Crippen molar-refractivity contribution < 1.29 is 0 Å². The Morgan fingerprint density at radius 2 is 1.65 bits per heavy atom. The van der Waals surface area contributed by atoms with Gasteiger partial charge in [0, 0.05) is 21.2 Å². The highest BCUT2D eigenvalue weighted by Gasteiger charge is 2.12. The second-order valence-electron chi connectivity index (χ2n) is 3.68. The van der Waals surface area contributed by atoms with E-state index in [9.17, 15) is 0 Å². The van der Waals surface area contributed by atoms with E-state index >= 15 is 0 Å². The van der Waals surface area contributed by atoms with E-state index in [1.165, 1.54) is 10.5 Å². The molecule has 1 atom stereocenters. The van der Waals surface area contributed by atoms with Crippen LogP contribution < -0.4 is 5.73 Å². The van der Waals surface area contributed by atoms with Crippen LogP contribution in [-0.2, 0) is 0 Å². The van der Waals surface area contributed by atoms with E-state index in [0.29, 0.717) is 11.8 Å². The fraction of sp³-hybridized carbons (Fsp3) is 0.143. The molecule has 0 saturated heterocycles. The SMILES string of the molecule is NCC(Sc1ccccc1Br)c1ccccc1. The van der Waals surface area contributed by atoms with Crippen molar-refractivity contribution in [3.8, 4) is 0 Å². The summed E-state index contributed by atoms with van der Waals surface area (Å²) in [5.74, 6) is 0. The Bertz CT molecular complexity index is 473. The number of hydrogen-bond acceptors (Lipinski definition) is 2. The van der Waals surface area contributed by atoms with Gasteiger partial charge in [-0.2, -0.15) is 0 Å². The molecule has 0 aliphatic heterocycles.